The van der Waals surface area contributed by atoms with Gasteiger partial charge < -0.3 is 10.2 Å². The summed E-state index contributed by atoms with van der Waals surface area (Å²) < 4.78 is 1.64. The van der Waals surface area contributed by atoms with Crippen molar-refractivity contribution in [2.24, 2.45) is 0 Å². The molecule has 1 atom stereocenters. The summed E-state index contributed by atoms with van der Waals surface area (Å²) in [6.07, 6.45) is 0.241. The molecular formula is C21H22N6O2S. The van der Waals surface area contributed by atoms with Crippen LogP contribution in [0.1, 0.15) is 24.5 Å². The molecule has 2 heterocycles. The van der Waals surface area contributed by atoms with E-state index in [-0.39, 0.29) is 30.0 Å². The molecule has 0 fully saturated rings. The topological polar surface area (TPSA) is 93.0 Å². The Bertz CT molecular complexity index is 1090. The summed E-state index contributed by atoms with van der Waals surface area (Å²) in [6.45, 7) is 5.92. The molecule has 0 aliphatic carbocycles. The van der Waals surface area contributed by atoms with Gasteiger partial charge in [0.15, 0.2) is 0 Å². The zero-order valence-electron chi connectivity index (χ0n) is 17.0. The Balaban J connectivity index is 1.56. The third-order valence-corrected chi connectivity index (χ3v) is 5.75. The minimum Gasteiger partial charge on any atom is -0.324 e. The predicted molar refractivity (Wildman–Crippen MR) is 116 cm³/mol. The molecule has 1 N–H and O–H groups in total. The van der Waals surface area contributed by atoms with E-state index in [0.717, 1.165) is 16.8 Å². The molecule has 1 aliphatic heterocycles. The van der Waals surface area contributed by atoms with E-state index in [0.29, 0.717) is 16.5 Å². The molecule has 0 bridgehead atoms. The average Bonchev–Trinajstić information content (AvgIpc) is 3.10. The van der Waals surface area contributed by atoms with Gasteiger partial charge >= 0.3 is 0 Å². The highest BCUT2D eigenvalue weighted by Crippen LogP contribution is 2.32. The number of benzene rings is 2. The second-order valence-corrected chi connectivity index (χ2v) is 8.33. The second-order valence-electron chi connectivity index (χ2n) is 7.39. The first-order chi connectivity index (χ1) is 14.4. The van der Waals surface area contributed by atoms with E-state index in [2.05, 4.69) is 26.9 Å². The van der Waals surface area contributed by atoms with Crippen LogP contribution in [0, 0.1) is 13.8 Å². The van der Waals surface area contributed by atoms with Crippen LogP contribution in [-0.2, 0) is 9.59 Å². The molecule has 1 aliphatic rings. The van der Waals surface area contributed by atoms with Gasteiger partial charge in [0.1, 0.15) is 0 Å². The van der Waals surface area contributed by atoms with Gasteiger partial charge in [-0.1, -0.05) is 30.0 Å². The van der Waals surface area contributed by atoms with Crippen molar-refractivity contribution >= 4 is 35.0 Å². The van der Waals surface area contributed by atoms with Crippen LogP contribution >= 0.6 is 11.8 Å². The number of fused-ring (bicyclic) bond motifs is 1. The fraction of sp³-hybridized carbons (Fsp3) is 0.286. The SMILES string of the molecule is Cc1cc(C)cc(-n2nnnc2SCC(=O)N2c3ccccc3NC(=O)CC2C)c1. The van der Waals surface area contributed by atoms with Crippen LogP contribution in [0.3, 0.4) is 0 Å². The molecule has 0 spiro atoms. The number of aromatic nitrogens is 4. The predicted octanol–water partition coefficient (Wildman–Crippen LogP) is 3.14. The number of hydrogen-bond acceptors (Lipinski definition) is 6. The number of nitrogens with zero attached hydrogens (tertiary/aromatic N) is 5. The largest absolute Gasteiger partial charge is 0.324 e. The maximum Gasteiger partial charge on any atom is 0.237 e. The Morgan fingerprint density at radius 1 is 1.20 bits per heavy atom. The van der Waals surface area contributed by atoms with Crippen molar-refractivity contribution in [3.63, 3.8) is 0 Å². The lowest BCUT2D eigenvalue weighted by molar-refractivity contribution is -0.117. The number of para-hydroxylation sites is 2. The molecule has 9 heteroatoms. The van der Waals surface area contributed by atoms with Gasteiger partial charge in [0, 0.05) is 12.5 Å². The summed E-state index contributed by atoms with van der Waals surface area (Å²) >= 11 is 1.28. The third kappa shape index (κ3) is 4.06. The molecule has 1 unspecified atom stereocenters. The maximum atomic E-state index is 13.2. The van der Waals surface area contributed by atoms with E-state index in [1.807, 2.05) is 51.1 Å². The monoisotopic (exact) mass is 422 g/mol. The molecule has 4 rings (SSSR count). The first kappa shape index (κ1) is 20.1. The molecule has 30 heavy (non-hydrogen) atoms. The molecule has 0 radical (unpaired) electrons. The number of rotatable bonds is 4. The van der Waals surface area contributed by atoms with E-state index in [4.69, 9.17) is 0 Å². The van der Waals surface area contributed by atoms with Crippen molar-refractivity contribution < 1.29 is 9.59 Å². The Hall–Kier alpha value is -3.20. The fourth-order valence-electron chi connectivity index (χ4n) is 3.67. The number of thioether (sulfide) groups is 1. The van der Waals surface area contributed by atoms with Crippen LogP contribution in [0.2, 0.25) is 0 Å². The summed E-state index contributed by atoms with van der Waals surface area (Å²) in [4.78, 5) is 27.0. The number of aryl methyl sites for hydroxylation is 2. The van der Waals surface area contributed by atoms with E-state index in [1.165, 1.54) is 11.8 Å². The van der Waals surface area contributed by atoms with Crippen LogP contribution in [0.25, 0.3) is 5.69 Å². The molecule has 8 nitrogen and oxygen atoms in total. The highest BCUT2D eigenvalue weighted by atomic mass is 32.2. The molecular weight excluding hydrogens is 400 g/mol. The first-order valence-electron chi connectivity index (χ1n) is 9.63. The highest BCUT2D eigenvalue weighted by Gasteiger charge is 2.29. The molecule has 2 aromatic carbocycles. The second kappa shape index (κ2) is 8.27. The van der Waals surface area contributed by atoms with Gasteiger partial charge in [0.2, 0.25) is 17.0 Å². The number of anilines is 2. The highest BCUT2D eigenvalue weighted by molar-refractivity contribution is 7.99. The number of hydrogen-bond donors (Lipinski definition) is 1. The minimum absolute atomic E-state index is 0.100. The van der Waals surface area contributed by atoms with Crippen LogP contribution in [0.15, 0.2) is 47.6 Å². The zero-order valence-corrected chi connectivity index (χ0v) is 17.8. The van der Waals surface area contributed by atoms with Crippen LogP contribution < -0.4 is 10.2 Å². The summed E-state index contributed by atoms with van der Waals surface area (Å²) in [5.41, 5.74) is 4.43. The molecule has 154 valence electrons. The van der Waals surface area contributed by atoms with E-state index >= 15 is 0 Å². The first-order valence-corrected chi connectivity index (χ1v) is 10.6. The standard InChI is InChI=1S/C21H22N6O2S/c1-13-8-14(2)10-16(9-13)27-21(23-24-25-27)30-12-20(29)26-15(3)11-19(28)22-17-6-4-5-7-18(17)26/h4-10,15H,11-12H2,1-3H3,(H,22,28). The summed E-state index contributed by atoms with van der Waals surface area (Å²) in [7, 11) is 0. The number of tetrazole rings is 1. The maximum absolute atomic E-state index is 13.2. The number of carbonyl (C=O) groups is 2. The molecule has 0 saturated heterocycles. The van der Waals surface area contributed by atoms with Crippen molar-refractivity contribution in [2.75, 3.05) is 16.0 Å². The normalized spacial score (nSPS) is 16.0. The van der Waals surface area contributed by atoms with Crippen molar-refractivity contribution in [1.29, 1.82) is 0 Å². The van der Waals surface area contributed by atoms with Crippen LogP contribution in [-0.4, -0.2) is 43.8 Å². The Labute approximate surface area is 178 Å². The lowest BCUT2D eigenvalue weighted by atomic mass is 10.1. The lowest BCUT2D eigenvalue weighted by Crippen LogP contribution is -2.40. The van der Waals surface area contributed by atoms with Gasteiger partial charge in [-0.25, -0.2) is 0 Å². The lowest BCUT2D eigenvalue weighted by Gasteiger charge is -2.27. The summed E-state index contributed by atoms with van der Waals surface area (Å²) in [5.74, 6) is -0.0546. The Kier molecular flexibility index (Phi) is 5.54. The fourth-order valence-corrected chi connectivity index (χ4v) is 4.42. The van der Waals surface area contributed by atoms with Crippen LogP contribution in [0.4, 0.5) is 11.4 Å². The Morgan fingerprint density at radius 3 is 2.70 bits per heavy atom. The molecule has 0 saturated carbocycles. The average molecular weight is 423 g/mol. The van der Waals surface area contributed by atoms with Gasteiger partial charge in [-0.05, 0) is 66.6 Å². The summed E-state index contributed by atoms with van der Waals surface area (Å²) in [5, 5.41) is 15.4. The zero-order chi connectivity index (χ0) is 21.3. The van der Waals surface area contributed by atoms with E-state index in [1.54, 1.807) is 15.6 Å². The van der Waals surface area contributed by atoms with Gasteiger partial charge in [-0.2, -0.15) is 4.68 Å². The van der Waals surface area contributed by atoms with Crippen LogP contribution in [0.5, 0.6) is 0 Å². The van der Waals surface area contributed by atoms with E-state index < -0.39 is 0 Å². The van der Waals surface area contributed by atoms with Gasteiger partial charge in [-0.3, -0.25) is 9.59 Å². The van der Waals surface area contributed by atoms with Crippen molar-refractivity contribution in [3.05, 3.63) is 53.6 Å². The minimum atomic E-state index is -0.253. The van der Waals surface area contributed by atoms with Gasteiger partial charge in [-0.15, -0.1) is 5.10 Å². The van der Waals surface area contributed by atoms with Gasteiger partial charge in [0.05, 0.1) is 22.8 Å². The van der Waals surface area contributed by atoms with Crippen molar-refractivity contribution in [3.8, 4) is 5.69 Å². The molecule has 2 amide bonds. The smallest absolute Gasteiger partial charge is 0.237 e. The summed E-state index contributed by atoms with van der Waals surface area (Å²) in [6, 6.07) is 13.2. The molecule has 1 aromatic heterocycles. The number of carbonyl (C=O) groups excluding carboxylic acids is 2. The van der Waals surface area contributed by atoms with Crippen molar-refractivity contribution in [1.82, 2.24) is 20.2 Å². The quantitative estimate of drug-likeness (QED) is 0.650. The Morgan fingerprint density at radius 2 is 1.93 bits per heavy atom. The number of amides is 2. The molecule has 3 aromatic rings. The third-order valence-electron chi connectivity index (χ3n) is 4.84. The van der Waals surface area contributed by atoms with Crippen molar-refractivity contribution in [2.45, 2.75) is 38.4 Å². The van der Waals surface area contributed by atoms with E-state index in [9.17, 15) is 9.59 Å². The number of nitrogens with one attached hydrogen (secondary N) is 1. The van der Waals surface area contributed by atoms with Gasteiger partial charge in [0.25, 0.3) is 0 Å².